The summed E-state index contributed by atoms with van der Waals surface area (Å²) in [7, 11) is 0. The molecule has 2 N–H and O–H groups in total. The highest BCUT2D eigenvalue weighted by Crippen LogP contribution is 2.32. The largest absolute Gasteiger partial charge is 0.382 e. The number of nitrogens with zero attached hydrogens (tertiary/aromatic N) is 1. The van der Waals surface area contributed by atoms with Gasteiger partial charge in [0.2, 0.25) is 0 Å². The smallest absolute Gasteiger partial charge is 0.256 e. The molecule has 0 aromatic heterocycles. The molecule has 0 spiro atoms. The second kappa shape index (κ2) is 5.35. The minimum atomic E-state index is 0.165. The van der Waals surface area contributed by atoms with Gasteiger partial charge in [-0.3, -0.25) is 4.79 Å². The lowest BCUT2D eigenvalue weighted by Crippen LogP contribution is -2.47. The molecule has 2 heterocycles. The predicted molar refractivity (Wildman–Crippen MR) is 82.4 cm³/mol. The Morgan fingerprint density at radius 2 is 1.85 bits per heavy atom. The van der Waals surface area contributed by atoms with Gasteiger partial charge in [-0.2, -0.15) is 0 Å². The molecule has 4 heteroatoms. The standard InChI is InChI=1S/C16H23N3O/c1-11-5-3-6-12(2)19(11)16(20)13-7-4-8-14-15(13)18-10-9-17-14/h4,7-8,11-12,17-18H,3,5-6,9-10H2,1-2H3. The van der Waals surface area contributed by atoms with Crippen LogP contribution in [-0.4, -0.2) is 36.0 Å². The number of anilines is 2. The van der Waals surface area contributed by atoms with Crippen molar-refractivity contribution in [3.63, 3.8) is 0 Å². The van der Waals surface area contributed by atoms with Crippen LogP contribution in [0.4, 0.5) is 11.4 Å². The summed E-state index contributed by atoms with van der Waals surface area (Å²) in [4.78, 5) is 15.0. The molecule has 1 aromatic rings. The fourth-order valence-electron chi connectivity index (χ4n) is 3.41. The Kier molecular flexibility index (Phi) is 3.55. The molecule has 2 atom stereocenters. The van der Waals surface area contributed by atoms with Crippen LogP contribution in [0.1, 0.15) is 43.5 Å². The summed E-state index contributed by atoms with van der Waals surface area (Å²) < 4.78 is 0. The monoisotopic (exact) mass is 273 g/mol. The van der Waals surface area contributed by atoms with Gasteiger partial charge in [-0.15, -0.1) is 0 Å². The van der Waals surface area contributed by atoms with Gasteiger partial charge < -0.3 is 15.5 Å². The van der Waals surface area contributed by atoms with Crippen molar-refractivity contribution in [1.29, 1.82) is 0 Å². The van der Waals surface area contributed by atoms with E-state index in [2.05, 4.69) is 29.4 Å². The lowest BCUT2D eigenvalue weighted by Gasteiger charge is -2.39. The molecule has 108 valence electrons. The predicted octanol–water partition coefficient (Wildman–Crippen LogP) is 2.93. The number of amides is 1. The second-order valence-corrected chi connectivity index (χ2v) is 5.92. The van der Waals surface area contributed by atoms with Crippen molar-refractivity contribution in [2.75, 3.05) is 23.7 Å². The fourth-order valence-corrected chi connectivity index (χ4v) is 3.41. The number of carbonyl (C=O) groups excluding carboxylic acids is 1. The van der Waals surface area contributed by atoms with Gasteiger partial charge in [0.15, 0.2) is 0 Å². The Hall–Kier alpha value is -1.71. The third kappa shape index (κ3) is 2.23. The Morgan fingerprint density at radius 1 is 1.15 bits per heavy atom. The van der Waals surface area contributed by atoms with E-state index < -0.39 is 0 Å². The van der Waals surface area contributed by atoms with Gasteiger partial charge in [-0.25, -0.2) is 0 Å². The van der Waals surface area contributed by atoms with E-state index in [4.69, 9.17) is 0 Å². The number of rotatable bonds is 1. The molecule has 1 saturated heterocycles. The van der Waals surface area contributed by atoms with Crippen molar-refractivity contribution in [3.05, 3.63) is 23.8 Å². The highest BCUT2D eigenvalue weighted by molar-refractivity contribution is 6.03. The molecule has 1 aromatic carbocycles. The Labute approximate surface area is 120 Å². The number of hydrogen-bond acceptors (Lipinski definition) is 3. The van der Waals surface area contributed by atoms with E-state index in [1.54, 1.807) is 0 Å². The van der Waals surface area contributed by atoms with Gasteiger partial charge in [0.05, 0.1) is 16.9 Å². The number of fused-ring (bicyclic) bond motifs is 1. The summed E-state index contributed by atoms with van der Waals surface area (Å²) in [6, 6.07) is 6.60. The van der Waals surface area contributed by atoms with Crippen LogP contribution in [0.5, 0.6) is 0 Å². The average molecular weight is 273 g/mol. The molecular formula is C16H23N3O. The Morgan fingerprint density at radius 3 is 2.60 bits per heavy atom. The van der Waals surface area contributed by atoms with Crippen molar-refractivity contribution >= 4 is 17.3 Å². The fraction of sp³-hybridized carbons (Fsp3) is 0.562. The molecular weight excluding hydrogens is 250 g/mol. The highest BCUT2D eigenvalue weighted by atomic mass is 16.2. The molecule has 3 rings (SSSR count). The molecule has 4 nitrogen and oxygen atoms in total. The first-order valence-electron chi connectivity index (χ1n) is 7.62. The number of piperidine rings is 1. The van der Waals surface area contributed by atoms with Crippen molar-refractivity contribution < 1.29 is 4.79 Å². The summed E-state index contributed by atoms with van der Waals surface area (Å²) >= 11 is 0. The number of benzene rings is 1. The Bertz CT molecular complexity index is 504. The van der Waals surface area contributed by atoms with E-state index in [-0.39, 0.29) is 5.91 Å². The first-order valence-corrected chi connectivity index (χ1v) is 7.62. The molecule has 1 amide bonds. The summed E-state index contributed by atoms with van der Waals surface area (Å²) in [5.41, 5.74) is 2.81. The molecule has 1 fully saturated rings. The van der Waals surface area contributed by atoms with Gasteiger partial charge in [0.1, 0.15) is 0 Å². The van der Waals surface area contributed by atoms with Gasteiger partial charge in [-0.1, -0.05) is 6.07 Å². The molecule has 20 heavy (non-hydrogen) atoms. The van der Waals surface area contributed by atoms with Crippen molar-refractivity contribution in [3.8, 4) is 0 Å². The zero-order valence-corrected chi connectivity index (χ0v) is 12.3. The average Bonchev–Trinajstić information content (AvgIpc) is 2.46. The van der Waals surface area contributed by atoms with Crippen LogP contribution in [-0.2, 0) is 0 Å². The third-order valence-corrected chi connectivity index (χ3v) is 4.47. The molecule has 0 bridgehead atoms. The van der Waals surface area contributed by atoms with Crippen LogP contribution >= 0.6 is 0 Å². The van der Waals surface area contributed by atoms with Crippen molar-refractivity contribution in [1.82, 2.24) is 4.90 Å². The molecule has 0 saturated carbocycles. The van der Waals surface area contributed by atoms with Crippen LogP contribution in [0.25, 0.3) is 0 Å². The number of carbonyl (C=O) groups is 1. The van der Waals surface area contributed by atoms with Crippen LogP contribution in [0.2, 0.25) is 0 Å². The summed E-state index contributed by atoms with van der Waals surface area (Å²) in [6.45, 7) is 6.09. The lowest BCUT2D eigenvalue weighted by atomic mass is 9.96. The minimum absolute atomic E-state index is 0.165. The van der Waals surface area contributed by atoms with Gasteiger partial charge in [0.25, 0.3) is 5.91 Å². The van der Waals surface area contributed by atoms with E-state index in [1.165, 1.54) is 6.42 Å². The molecule has 0 radical (unpaired) electrons. The van der Waals surface area contributed by atoms with E-state index in [0.717, 1.165) is 42.9 Å². The van der Waals surface area contributed by atoms with E-state index >= 15 is 0 Å². The Balaban J connectivity index is 1.94. The summed E-state index contributed by atoms with van der Waals surface area (Å²) in [5.74, 6) is 0.165. The molecule has 2 aliphatic heterocycles. The van der Waals surface area contributed by atoms with Crippen molar-refractivity contribution in [2.45, 2.75) is 45.2 Å². The normalized spacial score (nSPS) is 25.4. The maximum Gasteiger partial charge on any atom is 0.256 e. The quantitative estimate of drug-likeness (QED) is 0.827. The second-order valence-electron chi connectivity index (χ2n) is 5.92. The summed E-state index contributed by atoms with van der Waals surface area (Å²) in [6.07, 6.45) is 3.44. The van der Waals surface area contributed by atoms with E-state index in [0.29, 0.717) is 12.1 Å². The zero-order chi connectivity index (χ0) is 14.1. The number of likely N-dealkylation sites (tertiary alicyclic amines) is 1. The number of hydrogen-bond donors (Lipinski definition) is 2. The van der Waals surface area contributed by atoms with Gasteiger partial charge >= 0.3 is 0 Å². The zero-order valence-electron chi connectivity index (χ0n) is 12.3. The lowest BCUT2D eigenvalue weighted by molar-refractivity contribution is 0.0512. The summed E-state index contributed by atoms with van der Waals surface area (Å²) in [5, 5.41) is 6.72. The topological polar surface area (TPSA) is 44.4 Å². The van der Waals surface area contributed by atoms with E-state index in [9.17, 15) is 4.79 Å². The first-order chi connectivity index (χ1) is 9.68. The van der Waals surface area contributed by atoms with Crippen LogP contribution in [0.3, 0.4) is 0 Å². The van der Waals surface area contributed by atoms with Crippen molar-refractivity contribution in [2.24, 2.45) is 0 Å². The van der Waals surface area contributed by atoms with E-state index in [1.807, 2.05) is 18.2 Å². The van der Waals surface area contributed by atoms with Crippen LogP contribution in [0.15, 0.2) is 18.2 Å². The number of para-hydroxylation sites is 1. The SMILES string of the molecule is CC1CCCC(C)N1C(=O)c1cccc2c1NCCN2. The van der Waals surface area contributed by atoms with Crippen LogP contribution < -0.4 is 10.6 Å². The third-order valence-electron chi connectivity index (χ3n) is 4.47. The van der Waals surface area contributed by atoms with Crippen LogP contribution in [0, 0.1) is 0 Å². The highest BCUT2D eigenvalue weighted by Gasteiger charge is 2.31. The van der Waals surface area contributed by atoms with Gasteiger partial charge in [0, 0.05) is 25.2 Å². The maximum atomic E-state index is 13.0. The van der Waals surface area contributed by atoms with Gasteiger partial charge in [-0.05, 0) is 45.2 Å². The first kappa shape index (κ1) is 13.3. The minimum Gasteiger partial charge on any atom is -0.382 e. The molecule has 2 aliphatic rings. The number of nitrogens with one attached hydrogen (secondary N) is 2. The molecule has 0 aliphatic carbocycles. The molecule has 2 unspecified atom stereocenters. The maximum absolute atomic E-state index is 13.0.